The van der Waals surface area contributed by atoms with Gasteiger partial charge in [-0.2, -0.15) is 13.2 Å². The number of halogens is 3. The molecule has 3 aliphatic heterocycles. The number of nitrogens with zero attached hydrogens (tertiary/aromatic N) is 3. The molecule has 11 heteroatoms. The average Bonchev–Trinajstić information content (AvgIpc) is 3.49. The number of imidazole rings is 1. The molecule has 0 bridgehead atoms. The Morgan fingerprint density at radius 3 is 2.61 bits per heavy atom. The number of alkyl halides is 3. The van der Waals surface area contributed by atoms with Gasteiger partial charge in [-0.3, -0.25) is 24.5 Å². The Bertz CT molecular complexity index is 1180. The van der Waals surface area contributed by atoms with Crippen LogP contribution in [0.4, 0.5) is 13.2 Å². The van der Waals surface area contributed by atoms with E-state index in [-0.39, 0.29) is 17.8 Å². The molecule has 4 N–H and O–H groups in total. The first-order chi connectivity index (χ1) is 18.3. The highest BCUT2D eigenvalue weighted by Crippen LogP contribution is 2.43. The number of fused-ring (bicyclic) bond motifs is 1. The highest BCUT2D eigenvalue weighted by Gasteiger charge is 2.42. The molecule has 0 aromatic carbocycles. The van der Waals surface area contributed by atoms with Crippen molar-refractivity contribution in [1.82, 2.24) is 35.4 Å². The quantitative estimate of drug-likeness (QED) is 0.455. The first-order valence-corrected chi connectivity index (χ1v) is 14.3. The van der Waals surface area contributed by atoms with Crippen LogP contribution in [0.1, 0.15) is 69.2 Å². The van der Waals surface area contributed by atoms with Crippen molar-refractivity contribution in [3.05, 3.63) is 40.1 Å². The molecule has 3 unspecified atom stereocenters. The number of hydrazine groups is 1. The average molecular weight is 536 g/mol. The second-order valence-electron chi connectivity index (χ2n) is 12.0. The second kappa shape index (κ2) is 10.6. The summed E-state index contributed by atoms with van der Waals surface area (Å²) in [4.78, 5) is 15.8. The molecule has 0 amide bonds. The predicted molar refractivity (Wildman–Crippen MR) is 139 cm³/mol. The molecule has 5 atom stereocenters. The molecule has 0 spiro atoms. The lowest BCUT2D eigenvalue weighted by Gasteiger charge is -2.44. The minimum absolute atomic E-state index is 0.0685. The topological polar surface area (TPSA) is 77.8 Å². The molecule has 210 valence electrons. The fourth-order valence-electron chi connectivity index (χ4n) is 7.33. The largest absolute Gasteiger partial charge is 0.418 e. The van der Waals surface area contributed by atoms with Crippen LogP contribution in [0.5, 0.6) is 0 Å². The van der Waals surface area contributed by atoms with Gasteiger partial charge in [0.1, 0.15) is 0 Å². The lowest BCUT2D eigenvalue weighted by atomic mass is 9.66. The summed E-state index contributed by atoms with van der Waals surface area (Å²) in [5, 5.41) is 6.95. The first-order valence-electron chi connectivity index (χ1n) is 14.3. The van der Waals surface area contributed by atoms with Crippen molar-refractivity contribution in [3.8, 4) is 0 Å². The van der Waals surface area contributed by atoms with Gasteiger partial charge in [0.05, 0.1) is 30.1 Å². The molecule has 1 saturated carbocycles. The van der Waals surface area contributed by atoms with Crippen molar-refractivity contribution in [2.45, 2.75) is 76.9 Å². The van der Waals surface area contributed by atoms with Crippen LogP contribution in [-0.4, -0.2) is 46.3 Å². The Labute approximate surface area is 221 Å². The van der Waals surface area contributed by atoms with Crippen molar-refractivity contribution in [3.63, 3.8) is 0 Å². The Balaban J connectivity index is 1.30. The fraction of sp³-hybridized carbons (Fsp3) is 0.741. The maximum atomic E-state index is 14.2. The van der Waals surface area contributed by atoms with Gasteiger partial charge in [-0.25, -0.2) is 15.6 Å². The minimum atomic E-state index is -4.54. The van der Waals surface area contributed by atoms with Gasteiger partial charge >= 0.3 is 11.9 Å². The van der Waals surface area contributed by atoms with Gasteiger partial charge in [-0.1, -0.05) is 26.2 Å². The zero-order valence-corrected chi connectivity index (χ0v) is 22.1. The Kier molecular flexibility index (Phi) is 7.32. The van der Waals surface area contributed by atoms with Crippen LogP contribution in [-0.2, 0) is 12.7 Å². The van der Waals surface area contributed by atoms with Crippen molar-refractivity contribution < 1.29 is 13.2 Å². The number of pyridine rings is 1. The van der Waals surface area contributed by atoms with Gasteiger partial charge in [0, 0.05) is 25.5 Å². The number of rotatable bonds is 6. The van der Waals surface area contributed by atoms with Crippen molar-refractivity contribution in [1.29, 1.82) is 0 Å². The number of nitrogens with one attached hydrogen (secondary N) is 4. The first kappa shape index (κ1) is 26.3. The van der Waals surface area contributed by atoms with E-state index < -0.39 is 17.4 Å². The van der Waals surface area contributed by atoms with Gasteiger partial charge in [0.25, 0.3) is 0 Å². The summed E-state index contributed by atoms with van der Waals surface area (Å²) in [5.41, 5.74) is 5.87. The molecular formula is C27H40F3N7O. The van der Waals surface area contributed by atoms with Gasteiger partial charge in [0.15, 0.2) is 0 Å². The van der Waals surface area contributed by atoms with Crippen LogP contribution < -0.4 is 27.2 Å². The number of aromatic nitrogens is 2. The van der Waals surface area contributed by atoms with Crippen molar-refractivity contribution in [2.75, 3.05) is 26.3 Å². The van der Waals surface area contributed by atoms with Crippen LogP contribution in [0.25, 0.3) is 5.52 Å². The van der Waals surface area contributed by atoms with E-state index in [2.05, 4.69) is 33.3 Å². The maximum Gasteiger partial charge on any atom is 0.418 e. The molecule has 1 aliphatic carbocycles. The standard InChI is InChI=1S/C27H40F3N7O/c1-17-4-3-9-35(12-17)13-18-10-21(27(28,29)30)22-15-37(26(38)36(22)14-18)23-11-20(7-8-31-23)24(19-5-2-6-19)25-32-16-33-34-25/h10,14-15,17,19-20,23-25,31-34H,2-9,11-13,16H2,1H3/t17-,20?,23?,24+,25?/m0/s1. The second-order valence-corrected chi connectivity index (χ2v) is 12.0. The number of likely N-dealkylation sites (tertiary alicyclic amines) is 1. The van der Waals surface area contributed by atoms with Crippen LogP contribution in [0.3, 0.4) is 0 Å². The molecular weight excluding hydrogens is 495 g/mol. The lowest BCUT2D eigenvalue weighted by Crippen LogP contribution is -2.51. The van der Waals surface area contributed by atoms with Gasteiger partial charge in [-0.15, -0.1) is 0 Å². The summed E-state index contributed by atoms with van der Waals surface area (Å²) in [6, 6.07) is 1.24. The number of hydrogen-bond acceptors (Lipinski definition) is 6. The van der Waals surface area contributed by atoms with E-state index in [1.165, 1.54) is 40.5 Å². The third-order valence-electron chi connectivity index (χ3n) is 9.35. The summed E-state index contributed by atoms with van der Waals surface area (Å²) < 4.78 is 45.4. The van der Waals surface area contributed by atoms with E-state index in [4.69, 9.17) is 0 Å². The van der Waals surface area contributed by atoms with Gasteiger partial charge in [0.2, 0.25) is 0 Å². The monoisotopic (exact) mass is 535 g/mol. The van der Waals surface area contributed by atoms with E-state index in [1.807, 2.05) is 0 Å². The highest BCUT2D eigenvalue weighted by atomic mass is 19.4. The maximum absolute atomic E-state index is 14.2. The molecule has 8 nitrogen and oxygen atoms in total. The molecule has 6 rings (SSSR count). The normalized spacial score (nSPS) is 30.5. The van der Waals surface area contributed by atoms with Gasteiger partial charge < -0.3 is 0 Å². The van der Waals surface area contributed by atoms with Crippen molar-refractivity contribution >= 4 is 5.52 Å². The Morgan fingerprint density at radius 1 is 1.08 bits per heavy atom. The van der Waals surface area contributed by atoms with E-state index in [9.17, 15) is 18.0 Å². The van der Waals surface area contributed by atoms with Crippen LogP contribution >= 0.6 is 0 Å². The zero-order chi connectivity index (χ0) is 26.4. The third kappa shape index (κ3) is 5.15. The predicted octanol–water partition coefficient (Wildman–Crippen LogP) is 3.25. The SMILES string of the molecule is C[C@H]1CCCN(Cc2cc(C(F)(F)F)c3cn(C4CC([C@@H](C5CCC5)C5NCNN5)CCN4)c(=O)n3c2)C1. The summed E-state index contributed by atoms with van der Waals surface area (Å²) >= 11 is 0. The number of piperidine rings is 2. The van der Waals surface area contributed by atoms with Crippen molar-refractivity contribution in [2.24, 2.45) is 23.7 Å². The Morgan fingerprint density at radius 2 is 1.92 bits per heavy atom. The molecule has 3 saturated heterocycles. The summed E-state index contributed by atoms with van der Waals surface area (Å²) in [6.45, 7) is 5.79. The Hall–Kier alpha value is -1.92. The summed E-state index contributed by atoms with van der Waals surface area (Å²) in [5.74, 6) is 1.94. The number of hydrogen-bond donors (Lipinski definition) is 4. The van der Waals surface area contributed by atoms with E-state index >= 15 is 0 Å². The van der Waals surface area contributed by atoms with Crippen LogP contribution in [0, 0.1) is 23.7 Å². The van der Waals surface area contributed by atoms with Crippen LogP contribution in [0.2, 0.25) is 0 Å². The molecule has 4 aliphatic rings. The smallest absolute Gasteiger partial charge is 0.299 e. The molecule has 4 fully saturated rings. The molecule has 5 heterocycles. The van der Waals surface area contributed by atoms with E-state index in [1.54, 1.807) is 6.20 Å². The molecule has 38 heavy (non-hydrogen) atoms. The third-order valence-corrected chi connectivity index (χ3v) is 9.35. The zero-order valence-electron chi connectivity index (χ0n) is 22.1. The minimum Gasteiger partial charge on any atom is -0.299 e. The fourth-order valence-corrected chi connectivity index (χ4v) is 7.33. The molecule has 0 radical (unpaired) electrons. The van der Waals surface area contributed by atoms with E-state index in [0.29, 0.717) is 42.4 Å². The summed E-state index contributed by atoms with van der Waals surface area (Å²) in [7, 11) is 0. The van der Waals surface area contributed by atoms with E-state index in [0.717, 1.165) is 45.3 Å². The lowest BCUT2D eigenvalue weighted by molar-refractivity contribution is -0.136. The van der Waals surface area contributed by atoms with Gasteiger partial charge in [-0.05, 0) is 74.1 Å². The highest BCUT2D eigenvalue weighted by molar-refractivity contribution is 5.56. The molecule has 2 aromatic heterocycles. The van der Waals surface area contributed by atoms with Crippen LogP contribution in [0.15, 0.2) is 23.3 Å². The molecule has 2 aromatic rings. The summed E-state index contributed by atoms with van der Waals surface area (Å²) in [6.07, 6.45) is 5.92.